The molecule has 2 amide bonds. The molecule has 0 saturated heterocycles. The van der Waals surface area contributed by atoms with Gasteiger partial charge in [0.15, 0.2) is 5.76 Å². The first-order valence-electron chi connectivity index (χ1n) is 8.83. The predicted octanol–water partition coefficient (Wildman–Crippen LogP) is 4.20. The summed E-state index contributed by atoms with van der Waals surface area (Å²) in [4.78, 5) is 28.5. The number of furan rings is 1. The molecular formula is C19H24N2O3S. The number of rotatable bonds is 5. The molecule has 0 bridgehead atoms. The van der Waals surface area contributed by atoms with Crippen LogP contribution in [-0.4, -0.2) is 29.8 Å². The van der Waals surface area contributed by atoms with E-state index >= 15 is 0 Å². The van der Waals surface area contributed by atoms with Crippen LogP contribution in [0.15, 0.2) is 22.8 Å². The van der Waals surface area contributed by atoms with Crippen LogP contribution in [0.1, 0.15) is 58.5 Å². The molecule has 0 aromatic carbocycles. The van der Waals surface area contributed by atoms with Crippen molar-refractivity contribution in [1.29, 1.82) is 0 Å². The largest absolute Gasteiger partial charge is 0.459 e. The van der Waals surface area contributed by atoms with Gasteiger partial charge in [0.25, 0.3) is 11.8 Å². The first kappa shape index (κ1) is 17.7. The smallest absolute Gasteiger partial charge is 0.291 e. The molecule has 0 unspecified atom stereocenters. The van der Waals surface area contributed by atoms with Crippen molar-refractivity contribution in [3.05, 3.63) is 40.2 Å². The second kappa shape index (κ2) is 7.44. The predicted molar refractivity (Wildman–Crippen MR) is 99.4 cm³/mol. The maximum absolute atomic E-state index is 13.1. The highest BCUT2D eigenvalue weighted by Crippen LogP contribution is 2.40. The van der Waals surface area contributed by atoms with Crippen LogP contribution >= 0.6 is 11.3 Å². The first-order chi connectivity index (χ1) is 12.0. The minimum atomic E-state index is -0.315. The molecule has 0 radical (unpaired) electrons. The van der Waals surface area contributed by atoms with E-state index in [1.165, 1.54) is 22.5 Å². The highest BCUT2D eigenvalue weighted by atomic mass is 32.1. The molecule has 6 heteroatoms. The Bertz CT molecular complexity index is 760. The standard InChI is InChI=1S/C19H24N2O3S/c1-4-21(5-2)19(23)16-13-9-8-12(3)11-15(13)25-18(16)20-17(22)14-7-6-10-24-14/h6-7,10,12H,4-5,8-9,11H2,1-3H3,(H,20,22)/t12-/m0/s1. The summed E-state index contributed by atoms with van der Waals surface area (Å²) >= 11 is 1.54. The lowest BCUT2D eigenvalue weighted by Crippen LogP contribution is -2.32. The van der Waals surface area contributed by atoms with E-state index in [2.05, 4.69) is 12.2 Å². The van der Waals surface area contributed by atoms with Crippen LogP contribution in [0.5, 0.6) is 0 Å². The molecule has 0 spiro atoms. The van der Waals surface area contributed by atoms with Crippen molar-refractivity contribution >= 4 is 28.2 Å². The maximum atomic E-state index is 13.1. The van der Waals surface area contributed by atoms with Gasteiger partial charge >= 0.3 is 0 Å². The topological polar surface area (TPSA) is 62.6 Å². The third kappa shape index (κ3) is 3.49. The summed E-state index contributed by atoms with van der Waals surface area (Å²) in [5.41, 5.74) is 1.80. The van der Waals surface area contributed by atoms with Gasteiger partial charge in [-0.3, -0.25) is 9.59 Å². The van der Waals surface area contributed by atoms with Gasteiger partial charge in [0.2, 0.25) is 0 Å². The Balaban J connectivity index is 1.98. The summed E-state index contributed by atoms with van der Waals surface area (Å²) in [7, 11) is 0. The van der Waals surface area contributed by atoms with Crippen LogP contribution in [0, 0.1) is 5.92 Å². The van der Waals surface area contributed by atoms with Gasteiger partial charge in [-0.15, -0.1) is 11.3 Å². The summed E-state index contributed by atoms with van der Waals surface area (Å²) in [5, 5.41) is 3.56. The van der Waals surface area contributed by atoms with Crippen molar-refractivity contribution in [3.63, 3.8) is 0 Å². The third-order valence-electron chi connectivity index (χ3n) is 4.75. The second-order valence-electron chi connectivity index (χ2n) is 6.46. The van der Waals surface area contributed by atoms with Crippen LogP contribution in [-0.2, 0) is 12.8 Å². The van der Waals surface area contributed by atoms with Gasteiger partial charge in [-0.1, -0.05) is 6.92 Å². The quantitative estimate of drug-likeness (QED) is 0.869. The lowest BCUT2D eigenvalue weighted by atomic mass is 9.88. The number of nitrogens with zero attached hydrogens (tertiary/aromatic N) is 1. The molecule has 1 aliphatic carbocycles. The second-order valence-corrected chi connectivity index (χ2v) is 7.57. The fraction of sp³-hybridized carbons (Fsp3) is 0.474. The van der Waals surface area contributed by atoms with Crippen molar-refractivity contribution in [2.45, 2.75) is 40.0 Å². The number of thiophene rings is 1. The molecule has 1 aliphatic rings. The van der Waals surface area contributed by atoms with Crippen molar-refractivity contribution < 1.29 is 14.0 Å². The number of fused-ring (bicyclic) bond motifs is 1. The molecule has 25 heavy (non-hydrogen) atoms. The Morgan fingerprint density at radius 2 is 2.12 bits per heavy atom. The Morgan fingerprint density at radius 3 is 2.76 bits per heavy atom. The van der Waals surface area contributed by atoms with Crippen LogP contribution < -0.4 is 5.32 Å². The molecule has 2 aromatic rings. The number of carbonyl (C=O) groups excluding carboxylic acids is 2. The summed E-state index contributed by atoms with van der Waals surface area (Å²) in [5.74, 6) is 0.550. The Labute approximate surface area is 152 Å². The summed E-state index contributed by atoms with van der Waals surface area (Å²) < 4.78 is 5.17. The monoisotopic (exact) mass is 360 g/mol. The zero-order chi connectivity index (χ0) is 18.0. The van der Waals surface area contributed by atoms with E-state index in [0.29, 0.717) is 29.6 Å². The first-order valence-corrected chi connectivity index (χ1v) is 9.65. The molecule has 0 saturated carbocycles. The lowest BCUT2D eigenvalue weighted by Gasteiger charge is -2.22. The highest BCUT2D eigenvalue weighted by Gasteiger charge is 2.30. The molecule has 5 nitrogen and oxygen atoms in total. The lowest BCUT2D eigenvalue weighted by molar-refractivity contribution is 0.0773. The zero-order valence-electron chi connectivity index (χ0n) is 14.9. The van der Waals surface area contributed by atoms with Crippen LogP contribution in [0.2, 0.25) is 0 Å². The van der Waals surface area contributed by atoms with Crippen LogP contribution in [0.4, 0.5) is 5.00 Å². The van der Waals surface area contributed by atoms with Crippen molar-refractivity contribution in [2.24, 2.45) is 5.92 Å². The number of hydrogen-bond donors (Lipinski definition) is 1. The highest BCUT2D eigenvalue weighted by molar-refractivity contribution is 7.17. The van der Waals surface area contributed by atoms with E-state index < -0.39 is 0 Å². The SMILES string of the molecule is CCN(CC)C(=O)c1c(NC(=O)c2ccco2)sc2c1CC[C@H](C)C2. The fourth-order valence-electron chi connectivity index (χ4n) is 3.31. The summed E-state index contributed by atoms with van der Waals surface area (Å²) in [6.45, 7) is 7.49. The molecular weight excluding hydrogens is 336 g/mol. The van der Waals surface area contributed by atoms with Gasteiger partial charge in [0.1, 0.15) is 5.00 Å². The normalized spacial score (nSPS) is 16.4. The molecule has 2 heterocycles. The maximum Gasteiger partial charge on any atom is 0.291 e. The molecule has 2 aromatic heterocycles. The summed E-state index contributed by atoms with van der Waals surface area (Å²) in [6.07, 6.45) is 4.41. The van der Waals surface area contributed by atoms with E-state index in [4.69, 9.17) is 4.42 Å². The van der Waals surface area contributed by atoms with Gasteiger partial charge in [-0.2, -0.15) is 0 Å². The molecule has 0 fully saturated rings. The Hall–Kier alpha value is -2.08. The number of anilines is 1. The molecule has 0 aliphatic heterocycles. The number of carbonyl (C=O) groups is 2. The van der Waals surface area contributed by atoms with Gasteiger partial charge in [-0.25, -0.2) is 0 Å². The average Bonchev–Trinajstić information content (AvgIpc) is 3.22. The number of amides is 2. The minimum Gasteiger partial charge on any atom is -0.459 e. The van der Waals surface area contributed by atoms with Crippen molar-refractivity contribution in [2.75, 3.05) is 18.4 Å². The third-order valence-corrected chi connectivity index (χ3v) is 5.92. The van der Waals surface area contributed by atoms with Crippen LogP contribution in [0.25, 0.3) is 0 Å². The van der Waals surface area contributed by atoms with E-state index in [0.717, 1.165) is 24.8 Å². The number of nitrogens with one attached hydrogen (secondary N) is 1. The van der Waals surface area contributed by atoms with E-state index in [9.17, 15) is 9.59 Å². The van der Waals surface area contributed by atoms with E-state index in [1.54, 1.807) is 12.1 Å². The Morgan fingerprint density at radius 1 is 1.36 bits per heavy atom. The van der Waals surface area contributed by atoms with Crippen molar-refractivity contribution in [1.82, 2.24) is 4.90 Å². The molecule has 134 valence electrons. The summed E-state index contributed by atoms with van der Waals surface area (Å²) in [6, 6.07) is 3.30. The van der Waals surface area contributed by atoms with Gasteiger partial charge in [0, 0.05) is 18.0 Å². The van der Waals surface area contributed by atoms with Gasteiger partial charge in [0.05, 0.1) is 11.8 Å². The van der Waals surface area contributed by atoms with E-state index in [-0.39, 0.29) is 17.6 Å². The van der Waals surface area contributed by atoms with Gasteiger partial charge < -0.3 is 14.6 Å². The average molecular weight is 360 g/mol. The zero-order valence-corrected chi connectivity index (χ0v) is 15.7. The Kier molecular flexibility index (Phi) is 5.27. The fourth-order valence-corrected chi connectivity index (χ4v) is 4.70. The van der Waals surface area contributed by atoms with Crippen molar-refractivity contribution in [3.8, 4) is 0 Å². The molecule has 1 atom stereocenters. The van der Waals surface area contributed by atoms with Crippen LogP contribution in [0.3, 0.4) is 0 Å². The molecule has 3 rings (SSSR count). The number of hydrogen-bond acceptors (Lipinski definition) is 4. The van der Waals surface area contributed by atoms with Gasteiger partial charge in [-0.05, 0) is 56.7 Å². The molecule has 1 N–H and O–H groups in total. The van der Waals surface area contributed by atoms with E-state index in [1.807, 2.05) is 18.7 Å². The minimum absolute atomic E-state index is 0.00629.